The van der Waals surface area contributed by atoms with Crippen molar-refractivity contribution in [3.63, 3.8) is 0 Å². The number of anilines is 1. The molecule has 0 aromatic heterocycles. The van der Waals surface area contributed by atoms with Crippen molar-refractivity contribution in [1.29, 1.82) is 0 Å². The number of aromatic hydroxyl groups is 1. The van der Waals surface area contributed by atoms with Crippen LogP contribution in [0.3, 0.4) is 0 Å². The van der Waals surface area contributed by atoms with Gasteiger partial charge in [0.1, 0.15) is 11.5 Å². The van der Waals surface area contributed by atoms with Gasteiger partial charge in [-0.05, 0) is 36.0 Å². The van der Waals surface area contributed by atoms with Gasteiger partial charge in [0.25, 0.3) is 5.91 Å². The van der Waals surface area contributed by atoms with Gasteiger partial charge in [-0.2, -0.15) is 0 Å². The van der Waals surface area contributed by atoms with Crippen LogP contribution in [-0.4, -0.2) is 35.1 Å². The molecule has 1 heterocycles. The van der Waals surface area contributed by atoms with Crippen LogP contribution in [0.5, 0.6) is 5.75 Å². The van der Waals surface area contributed by atoms with Gasteiger partial charge in [0.15, 0.2) is 11.7 Å². The summed E-state index contributed by atoms with van der Waals surface area (Å²) >= 11 is 0. The minimum absolute atomic E-state index is 0.0105. The summed E-state index contributed by atoms with van der Waals surface area (Å²) in [6, 6.07) is 12.1. The lowest BCUT2D eigenvalue weighted by molar-refractivity contribution is -0.142. The molecule has 1 amide bonds. The van der Waals surface area contributed by atoms with Gasteiger partial charge in [-0.25, -0.2) is 0 Å². The predicted octanol–water partition coefficient (Wildman–Crippen LogP) is 4.00. The van der Waals surface area contributed by atoms with Crippen LogP contribution in [-0.2, 0) is 19.9 Å². The Kier molecular flexibility index (Phi) is 5.69. The number of phenols is 1. The number of hydrogen-bond acceptors (Lipinski definition) is 5. The molecular formula is C26H29NO5. The summed E-state index contributed by atoms with van der Waals surface area (Å²) in [5.74, 6) is -0.295. The second-order valence-electron chi connectivity index (χ2n) is 9.22. The highest BCUT2D eigenvalue weighted by molar-refractivity contribution is 6.00. The van der Waals surface area contributed by atoms with Crippen LogP contribution in [0.1, 0.15) is 49.8 Å². The number of ketones is 1. The Labute approximate surface area is 187 Å². The molecule has 32 heavy (non-hydrogen) atoms. The van der Waals surface area contributed by atoms with E-state index in [2.05, 4.69) is 12.2 Å². The van der Waals surface area contributed by atoms with Gasteiger partial charge >= 0.3 is 0 Å². The maximum atomic E-state index is 12.7. The Balaban J connectivity index is 1.80. The second kappa shape index (κ2) is 8.19. The molecule has 0 unspecified atom stereocenters. The number of Topliss-reactive ketones (excluding diaryl/α,β-unsaturated/α-hetero) is 1. The molecule has 0 bridgehead atoms. The summed E-state index contributed by atoms with van der Waals surface area (Å²) in [6.45, 7) is 4.07. The fraction of sp³-hybridized carbons (Fsp3) is 0.385. The molecule has 1 saturated carbocycles. The predicted molar refractivity (Wildman–Crippen MR) is 122 cm³/mol. The number of carbonyl (C=O) groups is 2. The molecule has 6 nitrogen and oxygen atoms in total. The van der Waals surface area contributed by atoms with E-state index >= 15 is 0 Å². The zero-order valence-electron chi connectivity index (χ0n) is 18.6. The Hall–Kier alpha value is -2.96. The number of rotatable bonds is 4. The van der Waals surface area contributed by atoms with Gasteiger partial charge in [-0.1, -0.05) is 56.3 Å². The summed E-state index contributed by atoms with van der Waals surface area (Å²) in [5.41, 5.74) is -0.505. The van der Waals surface area contributed by atoms with Crippen molar-refractivity contribution in [2.75, 3.05) is 12.4 Å². The van der Waals surface area contributed by atoms with Gasteiger partial charge in [-0.3, -0.25) is 9.59 Å². The van der Waals surface area contributed by atoms with Gasteiger partial charge < -0.3 is 20.3 Å². The molecule has 0 spiro atoms. The zero-order chi connectivity index (χ0) is 23.1. The van der Waals surface area contributed by atoms with Crippen LogP contribution < -0.4 is 5.32 Å². The highest BCUT2D eigenvalue weighted by Crippen LogP contribution is 2.48. The molecule has 4 atom stereocenters. The lowest BCUT2D eigenvalue weighted by atomic mass is 9.70. The smallest absolute Gasteiger partial charge is 0.257 e. The molecule has 6 heteroatoms. The van der Waals surface area contributed by atoms with Gasteiger partial charge in [0.2, 0.25) is 0 Å². The minimum atomic E-state index is -1.86. The SMILES string of the molecule is CO[C@@H]1C(=O)Nc2ccc(C=C[C@@]3(C)CCC(=O)[C@@H](C)C3)c(O)c2[C@@]1(O)c1ccccc1. The van der Waals surface area contributed by atoms with Crippen LogP contribution in [0.25, 0.3) is 6.08 Å². The number of amides is 1. The standard InChI is InChI=1S/C26H29NO5/c1-16-15-25(2,14-12-20(16)28)13-11-17-9-10-19-21(22(17)29)26(31,18-7-5-4-6-8-18)23(32-3)24(30)27-19/h4-11,13,16,23,29,31H,12,14-15H2,1-3H3,(H,27,30)/t16-,23+,25-,26-/m0/s1. The number of hydrogen-bond donors (Lipinski definition) is 3. The van der Waals surface area contributed by atoms with E-state index in [1.807, 2.05) is 25.1 Å². The molecule has 2 aliphatic rings. The average Bonchev–Trinajstić information content (AvgIpc) is 2.77. The first-order valence-corrected chi connectivity index (χ1v) is 10.9. The number of fused-ring (bicyclic) bond motifs is 1. The molecule has 4 rings (SSSR count). The van der Waals surface area contributed by atoms with Crippen LogP contribution in [0.15, 0.2) is 48.5 Å². The maximum Gasteiger partial charge on any atom is 0.257 e. The van der Waals surface area contributed by atoms with E-state index in [1.165, 1.54) is 7.11 Å². The first-order valence-electron chi connectivity index (χ1n) is 10.9. The van der Waals surface area contributed by atoms with Crippen LogP contribution in [0, 0.1) is 11.3 Å². The first kappa shape index (κ1) is 22.2. The third-order valence-electron chi connectivity index (χ3n) is 6.85. The average molecular weight is 436 g/mol. The van der Waals surface area contributed by atoms with Crippen molar-refractivity contribution in [2.24, 2.45) is 11.3 Å². The largest absolute Gasteiger partial charge is 0.507 e. The quantitative estimate of drug-likeness (QED) is 0.675. The third kappa shape index (κ3) is 3.63. The van der Waals surface area contributed by atoms with Crippen molar-refractivity contribution in [1.82, 2.24) is 0 Å². The number of aliphatic hydroxyl groups is 1. The minimum Gasteiger partial charge on any atom is -0.507 e. The van der Waals surface area contributed by atoms with Gasteiger partial charge in [0.05, 0.1) is 11.3 Å². The molecule has 2 aromatic rings. The molecule has 168 valence electrons. The van der Waals surface area contributed by atoms with Crippen molar-refractivity contribution in [3.05, 3.63) is 65.2 Å². The lowest BCUT2D eigenvalue weighted by Gasteiger charge is -2.40. The van der Waals surface area contributed by atoms with Crippen molar-refractivity contribution in [3.8, 4) is 5.75 Å². The summed E-state index contributed by atoms with van der Waals surface area (Å²) < 4.78 is 5.40. The zero-order valence-corrected chi connectivity index (χ0v) is 18.6. The molecule has 3 N–H and O–H groups in total. The second-order valence-corrected chi connectivity index (χ2v) is 9.22. The Morgan fingerprint density at radius 2 is 1.88 bits per heavy atom. The van der Waals surface area contributed by atoms with E-state index in [9.17, 15) is 19.8 Å². The Bertz CT molecular complexity index is 1080. The Morgan fingerprint density at radius 1 is 1.16 bits per heavy atom. The van der Waals surface area contributed by atoms with E-state index in [0.717, 1.165) is 12.8 Å². The number of ether oxygens (including phenoxy) is 1. The summed E-state index contributed by atoms with van der Waals surface area (Å²) in [6.07, 6.45) is 4.70. The fourth-order valence-corrected chi connectivity index (χ4v) is 5.03. The molecule has 1 fully saturated rings. The number of methoxy groups -OCH3 is 1. The summed E-state index contributed by atoms with van der Waals surface area (Å²) in [4.78, 5) is 24.6. The molecule has 0 saturated heterocycles. The Morgan fingerprint density at radius 3 is 2.53 bits per heavy atom. The summed E-state index contributed by atoms with van der Waals surface area (Å²) in [7, 11) is 1.36. The van der Waals surface area contributed by atoms with E-state index in [0.29, 0.717) is 29.0 Å². The molecule has 2 aromatic carbocycles. The molecule has 1 aliphatic heterocycles. The number of nitrogens with one attached hydrogen (secondary N) is 1. The van der Waals surface area contributed by atoms with E-state index in [1.54, 1.807) is 36.4 Å². The molecule has 0 radical (unpaired) electrons. The van der Waals surface area contributed by atoms with Crippen LogP contribution >= 0.6 is 0 Å². The van der Waals surface area contributed by atoms with Gasteiger partial charge in [-0.15, -0.1) is 0 Å². The number of phenolic OH excluding ortho intramolecular Hbond substituents is 1. The highest BCUT2D eigenvalue weighted by Gasteiger charge is 2.51. The van der Waals surface area contributed by atoms with Gasteiger partial charge in [0, 0.05) is 25.0 Å². The normalized spacial score (nSPS) is 30.2. The number of carbonyl (C=O) groups excluding carboxylic acids is 2. The van der Waals surface area contributed by atoms with E-state index in [4.69, 9.17) is 4.74 Å². The lowest BCUT2D eigenvalue weighted by Crippen LogP contribution is -2.52. The first-order chi connectivity index (χ1) is 15.2. The van der Waals surface area contributed by atoms with Crippen molar-refractivity contribution in [2.45, 2.75) is 44.8 Å². The molecule has 1 aliphatic carbocycles. The van der Waals surface area contributed by atoms with Crippen LogP contribution in [0.2, 0.25) is 0 Å². The maximum absolute atomic E-state index is 12.7. The highest BCUT2D eigenvalue weighted by atomic mass is 16.5. The van der Waals surface area contributed by atoms with Crippen LogP contribution in [0.4, 0.5) is 5.69 Å². The fourth-order valence-electron chi connectivity index (χ4n) is 5.03. The summed E-state index contributed by atoms with van der Waals surface area (Å²) in [5, 5.41) is 25.9. The number of benzene rings is 2. The number of allylic oxidation sites excluding steroid dienone is 1. The topological polar surface area (TPSA) is 95.9 Å². The van der Waals surface area contributed by atoms with Crippen molar-refractivity contribution >= 4 is 23.5 Å². The molecular weight excluding hydrogens is 406 g/mol. The third-order valence-corrected chi connectivity index (χ3v) is 6.85. The monoisotopic (exact) mass is 435 g/mol. The van der Waals surface area contributed by atoms with E-state index in [-0.39, 0.29) is 22.6 Å². The van der Waals surface area contributed by atoms with E-state index < -0.39 is 17.6 Å². The van der Waals surface area contributed by atoms with Crippen molar-refractivity contribution < 1.29 is 24.5 Å².